The van der Waals surface area contributed by atoms with Gasteiger partial charge in [0, 0.05) is 41.9 Å². The standard InChI is InChI=1S/C21H21N5O3/c1-14-9-10-15(20-24-23-19-8-3-2-4-11-25(19)20)13-18(14)22-21(27)16-6-5-7-17(12-16)26(28)29/h5-7,9-10,12-13H,2-4,8,11H2,1H3,(H,22,27). The second kappa shape index (κ2) is 7.83. The summed E-state index contributed by atoms with van der Waals surface area (Å²) in [5.41, 5.74) is 2.54. The largest absolute Gasteiger partial charge is 0.322 e. The predicted octanol–water partition coefficient (Wildman–Crippen LogP) is 4.14. The van der Waals surface area contributed by atoms with Crippen molar-refractivity contribution in [2.75, 3.05) is 5.32 Å². The first-order valence-corrected chi connectivity index (χ1v) is 9.62. The molecule has 3 aromatic rings. The number of aromatic nitrogens is 3. The van der Waals surface area contributed by atoms with Crippen LogP contribution in [0.1, 0.15) is 41.0 Å². The van der Waals surface area contributed by atoms with E-state index in [-0.39, 0.29) is 11.3 Å². The molecule has 8 heteroatoms. The topological polar surface area (TPSA) is 103 Å². The van der Waals surface area contributed by atoms with Crippen molar-refractivity contribution >= 4 is 17.3 Å². The number of anilines is 1. The number of rotatable bonds is 4. The van der Waals surface area contributed by atoms with Crippen LogP contribution in [0.25, 0.3) is 11.4 Å². The maximum Gasteiger partial charge on any atom is 0.270 e. The van der Waals surface area contributed by atoms with Crippen molar-refractivity contribution in [2.24, 2.45) is 0 Å². The van der Waals surface area contributed by atoms with E-state index in [0.717, 1.165) is 48.6 Å². The lowest BCUT2D eigenvalue weighted by Gasteiger charge is -2.12. The summed E-state index contributed by atoms with van der Waals surface area (Å²) in [4.78, 5) is 23.1. The van der Waals surface area contributed by atoms with Crippen LogP contribution in [0.15, 0.2) is 42.5 Å². The second-order valence-electron chi connectivity index (χ2n) is 7.19. The monoisotopic (exact) mass is 391 g/mol. The van der Waals surface area contributed by atoms with E-state index in [1.807, 2.05) is 25.1 Å². The predicted molar refractivity (Wildman–Crippen MR) is 109 cm³/mol. The Morgan fingerprint density at radius 1 is 1.14 bits per heavy atom. The molecule has 1 aliphatic heterocycles. The Kier molecular flexibility index (Phi) is 5.07. The number of aryl methyl sites for hydroxylation is 2. The number of fused-ring (bicyclic) bond motifs is 1. The lowest BCUT2D eigenvalue weighted by molar-refractivity contribution is -0.384. The summed E-state index contributed by atoms with van der Waals surface area (Å²) >= 11 is 0. The van der Waals surface area contributed by atoms with Gasteiger partial charge >= 0.3 is 0 Å². The molecule has 0 atom stereocenters. The molecule has 8 nitrogen and oxygen atoms in total. The Morgan fingerprint density at radius 3 is 2.83 bits per heavy atom. The zero-order valence-corrected chi connectivity index (χ0v) is 16.1. The molecular formula is C21H21N5O3. The van der Waals surface area contributed by atoms with Crippen LogP contribution in [0.4, 0.5) is 11.4 Å². The average Bonchev–Trinajstić information content (AvgIpc) is 2.97. The molecule has 0 spiro atoms. The fourth-order valence-electron chi connectivity index (χ4n) is 3.55. The van der Waals surface area contributed by atoms with E-state index in [4.69, 9.17) is 0 Å². The molecule has 0 radical (unpaired) electrons. The fourth-order valence-corrected chi connectivity index (χ4v) is 3.55. The Hall–Kier alpha value is -3.55. The van der Waals surface area contributed by atoms with Gasteiger partial charge < -0.3 is 9.88 Å². The number of carbonyl (C=O) groups excluding carboxylic acids is 1. The number of amides is 1. The molecule has 1 N–H and O–H groups in total. The molecule has 0 saturated heterocycles. The van der Waals surface area contributed by atoms with Gasteiger partial charge in [-0.15, -0.1) is 10.2 Å². The lowest BCUT2D eigenvalue weighted by Crippen LogP contribution is -2.13. The van der Waals surface area contributed by atoms with E-state index in [9.17, 15) is 14.9 Å². The molecule has 1 aliphatic rings. The van der Waals surface area contributed by atoms with Gasteiger partial charge in [0.1, 0.15) is 5.82 Å². The average molecular weight is 391 g/mol. The summed E-state index contributed by atoms with van der Waals surface area (Å²) in [7, 11) is 0. The normalized spacial score (nSPS) is 13.4. The van der Waals surface area contributed by atoms with Crippen LogP contribution in [0.5, 0.6) is 0 Å². The molecule has 0 unspecified atom stereocenters. The van der Waals surface area contributed by atoms with Crippen LogP contribution in [-0.4, -0.2) is 25.6 Å². The van der Waals surface area contributed by atoms with Gasteiger partial charge in [-0.1, -0.05) is 24.6 Å². The quantitative estimate of drug-likeness (QED) is 0.532. The zero-order chi connectivity index (χ0) is 20.4. The minimum Gasteiger partial charge on any atom is -0.322 e. The van der Waals surface area contributed by atoms with Crippen molar-refractivity contribution in [1.82, 2.24) is 14.8 Å². The highest BCUT2D eigenvalue weighted by Gasteiger charge is 2.18. The molecule has 0 saturated carbocycles. The minimum atomic E-state index is -0.514. The van der Waals surface area contributed by atoms with Crippen LogP contribution < -0.4 is 5.32 Å². The molecule has 0 aliphatic carbocycles. The summed E-state index contributed by atoms with van der Waals surface area (Å²) in [5, 5.41) is 22.5. The number of hydrogen-bond acceptors (Lipinski definition) is 5. The number of nitro benzene ring substituents is 1. The third-order valence-corrected chi connectivity index (χ3v) is 5.17. The van der Waals surface area contributed by atoms with Crippen LogP contribution in [0.3, 0.4) is 0 Å². The van der Waals surface area contributed by atoms with Gasteiger partial charge in [0.2, 0.25) is 0 Å². The van der Waals surface area contributed by atoms with E-state index in [1.54, 1.807) is 6.07 Å². The first kappa shape index (κ1) is 18.8. The Balaban J connectivity index is 1.63. The number of benzene rings is 2. The Morgan fingerprint density at radius 2 is 2.00 bits per heavy atom. The fraction of sp³-hybridized carbons (Fsp3) is 0.286. The SMILES string of the molecule is Cc1ccc(-c2nnc3n2CCCCC3)cc1NC(=O)c1cccc([N+](=O)[O-])c1. The molecule has 1 aromatic heterocycles. The van der Waals surface area contributed by atoms with Crippen LogP contribution in [0.2, 0.25) is 0 Å². The number of nitrogens with zero attached hydrogens (tertiary/aromatic N) is 4. The molecule has 4 rings (SSSR count). The van der Waals surface area contributed by atoms with Gasteiger partial charge in [0.25, 0.3) is 11.6 Å². The van der Waals surface area contributed by atoms with Gasteiger partial charge in [-0.3, -0.25) is 14.9 Å². The summed E-state index contributed by atoms with van der Waals surface area (Å²) in [6, 6.07) is 11.5. The maximum absolute atomic E-state index is 12.7. The van der Waals surface area contributed by atoms with Gasteiger partial charge in [0.15, 0.2) is 5.82 Å². The second-order valence-corrected chi connectivity index (χ2v) is 7.19. The van der Waals surface area contributed by atoms with Gasteiger partial charge in [0.05, 0.1) is 4.92 Å². The summed E-state index contributed by atoms with van der Waals surface area (Å²) in [6.45, 7) is 2.79. The van der Waals surface area contributed by atoms with Crippen molar-refractivity contribution < 1.29 is 9.72 Å². The highest BCUT2D eigenvalue weighted by atomic mass is 16.6. The Labute approximate surface area is 167 Å². The summed E-state index contributed by atoms with van der Waals surface area (Å²) in [6.07, 6.45) is 4.33. The van der Waals surface area contributed by atoms with E-state index in [1.165, 1.54) is 24.6 Å². The number of carbonyl (C=O) groups is 1. The molecule has 0 fully saturated rings. The maximum atomic E-state index is 12.7. The highest BCUT2D eigenvalue weighted by molar-refractivity contribution is 6.05. The van der Waals surface area contributed by atoms with Crippen molar-refractivity contribution in [2.45, 2.75) is 39.2 Å². The van der Waals surface area contributed by atoms with Crippen LogP contribution in [0, 0.1) is 17.0 Å². The third kappa shape index (κ3) is 3.87. The minimum absolute atomic E-state index is 0.116. The number of non-ortho nitro benzene ring substituents is 1. The zero-order valence-electron chi connectivity index (χ0n) is 16.1. The summed E-state index contributed by atoms with van der Waals surface area (Å²) in [5.74, 6) is 1.40. The van der Waals surface area contributed by atoms with Crippen molar-refractivity contribution in [3.63, 3.8) is 0 Å². The van der Waals surface area contributed by atoms with Crippen molar-refractivity contribution in [1.29, 1.82) is 0 Å². The molecule has 29 heavy (non-hydrogen) atoms. The van der Waals surface area contributed by atoms with Gasteiger partial charge in [-0.2, -0.15) is 0 Å². The first-order chi connectivity index (χ1) is 14.0. The third-order valence-electron chi connectivity index (χ3n) is 5.17. The van der Waals surface area contributed by atoms with Gasteiger partial charge in [-0.05, 0) is 37.5 Å². The summed E-state index contributed by atoms with van der Waals surface area (Å²) < 4.78 is 2.16. The van der Waals surface area contributed by atoms with Crippen molar-refractivity contribution in [3.8, 4) is 11.4 Å². The van der Waals surface area contributed by atoms with Crippen LogP contribution in [-0.2, 0) is 13.0 Å². The van der Waals surface area contributed by atoms with Crippen molar-refractivity contribution in [3.05, 3.63) is 69.5 Å². The van der Waals surface area contributed by atoms with E-state index < -0.39 is 10.8 Å². The Bertz CT molecular complexity index is 1090. The molecule has 2 aromatic carbocycles. The molecule has 2 heterocycles. The smallest absolute Gasteiger partial charge is 0.270 e. The van der Waals surface area contributed by atoms with E-state index in [0.29, 0.717) is 5.69 Å². The first-order valence-electron chi connectivity index (χ1n) is 9.62. The molecular weight excluding hydrogens is 370 g/mol. The van der Waals surface area contributed by atoms with Gasteiger partial charge in [-0.25, -0.2) is 0 Å². The number of nitrogens with one attached hydrogen (secondary N) is 1. The lowest BCUT2D eigenvalue weighted by atomic mass is 10.1. The van der Waals surface area contributed by atoms with Crippen LogP contribution >= 0.6 is 0 Å². The number of hydrogen-bond donors (Lipinski definition) is 1. The highest BCUT2D eigenvalue weighted by Crippen LogP contribution is 2.27. The molecule has 0 bridgehead atoms. The van der Waals surface area contributed by atoms with E-state index in [2.05, 4.69) is 20.1 Å². The molecule has 148 valence electrons. The van der Waals surface area contributed by atoms with E-state index >= 15 is 0 Å². The molecule has 1 amide bonds. The number of nitro groups is 1.